The summed E-state index contributed by atoms with van der Waals surface area (Å²) in [5.41, 5.74) is 5.66. The molecule has 4 rings (SSSR count). The maximum absolute atomic E-state index is 12.5. The van der Waals surface area contributed by atoms with Crippen molar-refractivity contribution in [3.63, 3.8) is 0 Å². The van der Waals surface area contributed by atoms with Gasteiger partial charge in [0.25, 0.3) is 5.91 Å². The Balaban J connectivity index is 1.60. The van der Waals surface area contributed by atoms with Crippen LogP contribution in [0.15, 0.2) is 35.7 Å². The van der Waals surface area contributed by atoms with Crippen molar-refractivity contribution in [1.82, 2.24) is 20.0 Å². The Labute approximate surface area is 156 Å². The topological polar surface area (TPSA) is 59.4 Å². The molecule has 3 aromatic rings. The maximum Gasteiger partial charge on any atom is 0.285 e. The summed E-state index contributed by atoms with van der Waals surface area (Å²) in [6.45, 7) is 5.78. The van der Waals surface area contributed by atoms with Gasteiger partial charge < -0.3 is 9.30 Å². The van der Waals surface area contributed by atoms with Crippen LogP contribution in [0.5, 0.6) is 0 Å². The fraction of sp³-hybridized carbons (Fsp3) is 0.368. The highest BCUT2D eigenvalue weighted by Gasteiger charge is 2.19. The zero-order valence-electron chi connectivity index (χ0n) is 14.8. The van der Waals surface area contributed by atoms with E-state index >= 15 is 0 Å². The number of thiazole rings is 1. The first-order chi connectivity index (χ1) is 12.8. The quantitative estimate of drug-likeness (QED) is 0.750. The Kier molecular flexibility index (Phi) is 5.01. The van der Waals surface area contributed by atoms with Crippen molar-refractivity contribution in [3.8, 4) is 10.7 Å². The normalized spacial score (nSPS) is 15.4. The van der Waals surface area contributed by atoms with Crippen molar-refractivity contribution < 1.29 is 9.53 Å². The molecule has 0 atom stereocenters. The minimum atomic E-state index is -0.160. The lowest BCUT2D eigenvalue weighted by molar-refractivity contribution is 0.0125. The van der Waals surface area contributed by atoms with E-state index in [1.807, 2.05) is 16.5 Å². The summed E-state index contributed by atoms with van der Waals surface area (Å²) in [7, 11) is 0. The Morgan fingerprint density at radius 3 is 2.92 bits per heavy atom. The van der Waals surface area contributed by atoms with Gasteiger partial charge in [-0.15, -0.1) is 11.3 Å². The number of morpholine rings is 1. The van der Waals surface area contributed by atoms with Gasteiger partial charge in [0.1, 0.15) is 10.7 Å². The van der Waals surface area contributed by atoms with Gasteiger partial charge in [0.15, 0.2) is 0 Å². The molecule has 3 heterocycles. The highest BCUT2D eigenvalue weighted by molar-refractivity contribution is 7.13. The number of amides is 1. The van der Waals surface area contributed by atoms with Gasteiger partial charge in [-0.1, -0.05) is 25.1 Å². The first kappa shape index (κ1) is 17.2. The predicted molar refractivity (Wildman–Crippen MR) is 103 cm³/mol. The van der Waals surface area contributed by atoms with Gasteiger partial charge in [0.2, 0.25) is 0 Å². The average molecular weight is 370 g/mol. The summed E-state index contributed by atoms with van der Waals surface area (Å²) in [5.74, 6) is -0.160. The number of aromatic nitrogens is 2. The number of hydrazine groups is 1. The number of fused-ring (bicyclic) bond motifs is 1. The summed E-state index contributed by atoms with van der Waals surface area (Å²) in [6.07, 6.45) is 1.04. The van der Waals surface area contributed by atoms with Crippen LogP contribution in [0.3, 0.4) is 0 Å². The minimum Gasteiger partial charge on any atom is -0.379 e. The van der Waals surface area contributed by atoms with E-state index in [1.165, 1.54) is 22.2 Å². The molecule has 6 nitrogen and oxygen atoms in total. The number of hydrogen-bond acceptors (Lipinski definition) is 5. The molecule has 0 bridgehead atoms. The molecule has 136 valence electrons. The van der Waals surface area contributed by atoms with E-state index < -0.39 is 0 Å². The molecule has 1 aliphatic heterocycles. The van der Waals surface area contributed by atoms with Crippen LogP contribution in [0.2, 0.25) is 0 Å². The highest BCUT2D eigenvalue weighted by Crippen LogP contribution is 2.30. The summed E-state index contributed by atoms with van der Waals surface area (Å²) in [6, 6.07) is 10.5. The largest absolute Gasteiger partial charge is 0.379 e. The molecular weight excluding hydrogens is 348 g/mol. The SMILES string of the molecule is CCCn1c(-c2nc(C(=O)NN3CCOCC3)cs2)cc2ccccc21. The monoisotopic (exact) mass is 370 g/mol. The van der Waals surface area contributed by atoms with Crippen molar-refractivity contribution >= 4 is 28.1 Å². The van der Waals surface area contributed by atoms with Crippen LogP contribution in [0.1, 0.15) is 23.8 Å². The second-order valence-corrected chi connectivity index (χ2v) is 7.18. The third kappa shape index (κ3) is 3.38. The van der Waals surface area contributed by atoms with Crippen LogP contribution in [-0.4, -0.2) is 46.8 Å². The smallest absolute Gasteiger partial charge is 0.285 e. The number of aryl methyl sites for hydroxylation is 1. The lowest BCUT2D eigenvalue weighted by Gasteiger charge is -2.26. The van der Waals surface area contributed by atoms with Crippen molar-refractivity contribution in [1.29, 1.82) is 0 Å². The number of rotatable bonds is 5. The average Bonchev–Trinajstić information content (AvgIpc) is 3.28. The number of carbonyl (C=O) groups is 1. The van der Waals surface area contributed by atoms with Crippen molar-refractivity contribution in [2.24, 2.45) is 0 Å². The van der Waals surface area contributed by atoms with Crippen LogP contribution >= 0.6 is 11.3 Å². The summed E-state index contributed by atoms with van der Waals surface area (Å²) < 4.78 is 7.59. The molecule has 1 N–H and O–H groups in total. The Hall–Kier alpha value is -2.22. The van der Waals surface area contributed by atoms with Crippen LogP contribution in [0.25, 0.3) is 21.6 Å². The predicted octanol–water partition coefficient (Wildman–Crippen LogP) is 3.15. The summed E-state index contributed by atoms with van der Waals surface area (Å²) in [4.78, 5) is 17.1. The lowest BCUT2D eigenvalue weighted by Crippen LogP contribution is -2.48. The van der Waals surface area contributed by atoms with Crippen molar-refractivity contribution in [3.05, 3.63) is 41.4 Å². The highest BCUT2D eigenvalue weighted by atomic mass is 32.1. The Morgan fingerprint density at radius 2 is 2.12 bits per heavy atom. The van der Waals surface area contributed by atoms with E-state index in [4.69, 9.17) is 4.74 Å². The third-order valence-corrected chi connectivity index (χ3v) is 5.35. The molecule has 26 heavy (non-hydrogen) atoms. The molecular formula is C19H22N4O2S. The summed E-state index contributed by atoms with van der Waals surface area (Å²) in [5, 5.41) is 5.80. The molecule has 0 spiro atoms. The van der Waals surface area contributed by atoms with E-state index in [1.54, 1.807) is 0 Å². The van der Waals surface area contributed by atoms with E-state index in [0.29, 0.717) is 32.0 Å². The molecule has 1 amide bonds. The van der Waals surface area contributed by atoms with Gasteiger partial charge in [-0.05, 0) is 18.6 Å². The molecule has 1 fully saturated rings. The van der Waals surface area contributed by atoms with Gasteiger partial charge in [-0.2, -0.15) is 0 Å². The van der Waals surface area contributed by atoms with Crippen LogP contribution in [-0.2, 0) is 11.3 Å². The van der Waals surface area contributed by atoms with Crippen LogP contribution in [0, 0.1) is 0 Å². The first-order valence-electron chi connectivity index (χ1n) is 8.94. The van der Waals surface area contributed by atoms with E-state index in [2.05, 4.69) is 46.2 Å². The van der Waals surface area contributed by atoms with E-state index in [-0.39, 0.29) is 5.91 Å². The molecule has 0 aliphatic carbocycles. The molecule has 0 unspecified atom stereocenters. The number of para-hydroxylation sites is 1. The molecule has 0 radical (unpaired) electrons. The van der Waals surface area contributed by atoms with Gasteiger partial charge in [0, 0.05) is 35.9 Å². The van der Waals surface area contributed by atoms with Gasteiger partial charge in [-0.25, -0.2) is 9.99 Å². The zero-order valence-corrected chi connectivity index (χ0v) is 15.6. The van der Waals surface area contributed by atoms with E-state index in [0.717, 1.165) is 23.7 Å². The number of carbonyl (C=O) groups excluding carboxylic acids is 1. The summed E-state index contributed by atoms with van der Waals surface area (Å²) >= 11 is 1.51. The number of nitrogens with one attached hydrogen (secondary N) is 1. The molecule has 2 aromatic heterocycles. The zero-order chi connectivity index (χ0) is 17.9. The Bertz CT molecular complexity index is 911. The number of nitrogens with zero attached hydrogens (tertiary/aromatic N) is 3. The Morgan fingerprint density at radius 1 is 1.31 bits per heavy atom. The van der Waals surface area contributed by atoms with Crippen LogP contribution < -0.4 is 5.43 Å². The molecule has 1 saturated heterocycles. The molecule has 1 aliphatic rings. The molecule has 7 heteroatoms. The number of benzene rings is 1. The molecule has 0 saturated carbocycles. The van der Waals surface area contributed by atoms with Crippen molar-refractivity contribution in [2.75, 3.05) is 26.3 Å². The van der Waals surface area contributed by atoms with Gasteiger partial charge in [0.05, 0.1) is 18.9 Å². The molecule has 1 aromatic carbocycles. The van der Waals surface area contributed by atoms with Crippen LogP contribution in [0.4, 0.5) is 0 Å². The van der Waals surface area contributed by atoms with Crippen molar-refractivity contribution in [2.45, 2.75) is 19.9 Å². The van der Waals surface area contributed by atoms with E-state index in [9.17, 15) is 4.79 Å². The fourth-order valence-electron chi connectivity index (χ4n) is 3.22. The standard InChI is InChI=1S/C19H22N4O2S/c1-2-7-23-16-6-4-3-5-14(16)12-17(23)19-20-15(13-26-19)18(24)21-22-8-10-25-11-9-22/h3-6,12-13H,2,7-11H2,1H3,(H,21,24). The first-order valence-corrected chi connectivity index (χ1v) is 9.82. The van der Waals surface area contributed by atoms with Gasteiger partial charge >= 0.3 is 0 Å². The number of hydrogen-bond donors (Lipinski definition) is 1. The fourth-order valence-corrected chi connectivity index (χ4v) is 4.05. The third-order valence-electron chi connectivity index (χ3n) is 4.48. The lowest BCUT2D eigenvalue weighted by atomic mass is 10.2. The minimum absolute atomic E-state index is 0.160. The second-order valence-electron chi connectivity index (χ2n) is 6.32. The number of ether oxygens (including phenoxy) is 1. The van der Waals surface area contributed by atoms with Gasteiger partial charge in [-0.3, -0.25) is 10.2 Å². The maximum atomic E-state index is 12.5. The second kappa shape index (κ2) is 7.57.